The van der Waals surface area contributed by atoms with Gasteiger partial charge in [0.25, 0.3) is 0 Å². The molecular formula is C19H28O4. The zero-order valence-electron chi connectivity index (χ0n) is 14.5. The van der Waals surface area contributed by atoms with Crippen molar-refractivity contribution in [1.29, 1.82) is 0 Å². The summed E-state index contributed by atoms with van der Waals surface area (Å²) in [6, 6.07) is 0. The summed E-state index contributed by atoms with van der Waals surface area (Å²) in [7, 11) is 0. The summed E-state index contributed by atoms with van der Waals surface area (Å²) < 4.78 is 10.7. The quantitative estimate of drug-likeness (QED) is 0.568. The summed E-state index contributed by atoms with van der Waals surface area (Å²) in [6.07, 6.45) is 8.95. The van der Waals surface area contributed by atoms with Crippen molar-refractivity contribution in [3.05, 3.63) is 23.3 Å². The average Bonchev–Trinajstić information content (AvgIpc) is 2.54. The first-order chi connectivity index (χ1) is 11.0. The molecule has 4 nitrogen and oxygen atoms in total. The van der Waals surface area contributed by atoms with Gasteiger partial charge < -0.3 is 9.47 Å². The minimum atomic E-state index is -0.390. The standard InChI is InChI=1S/C19H28O4/c1-13-4-8-16(9-5-13)18(20)22-12-15(3)23-19(21)17-10-6-14(2)7-11-17/h4,6,15-17H,5,7-12H2,1-3H3. The molecule has 23 heavy (non-hydrogen) atoms. The Morgan fingerprint density at radius 3 is 2.04 bits per heavy atom. The number of ether oxygens (including phenoxy) is 2. The maximum atomic E-state index is 12.1. The second-order valence-corrected chi connectivity index (χ2v) is 6.92. The van der Waals surface area contributed by atoms with Crippen LogP contribution in [0.1, 0.15) is 59.3 Å². The van der Waals surface area contributed by atoms with Crippen LogP contribution in [0, 0.1) is 11.8 Å². The van der Waals surface area contributed by atoms with E-state index in [1.165, 1.54) is 11.1 Å². The zero-order valence-corrected chi connectivity index (χ0v) is 14.5. The Morgan fingerprint density at radius 2 is 1.57 bits per heavy atom. The van der Waals surface area contributed by atoms with Gasteiger partial charge in [0.1, 0.15) is 12.7 Å². The number of hydrogen-bond acceptors (Lipinski definition) is 4. The molecule has 0 spiro atoms. The van der Waals surface area contributed by atoms with Crippen LogP contribution in [0.5, 0.6) is 0 Å². The minimum Gasteiger partial charge on any atom is -0.462 e. The van der Waals surface area contributed by atoms with Crippen molar-refractivity contribution in [2.75, 3.05) is 6.61 Å². The molecule has 4 heteroatoms. The second-order valence-electron chi connectivity index (χ2n) is 6.92. The molecule has 0 aromatic heterocycles. The Kier molecular flexibility index (Phi) is 6.43. The third-order valence-electron chi connectivity index (χ3n) is 4.72. The molecule has 2 aliphatic rings. The summed E-state index contributed by atoms with van der Waals surface area (Å²) in [4.78, 5) is 24.1. The molecule has 0 fully saturated rings. The van der Waals surface area contributed by atoms with Gasteiger partial charge in [0.15, 0.2) is 0 Å². The summed E-state index contributed by atoms with van der Waals surface area (Å²) >= 11 is 0. The fourth-order valence-electron chi connectivity index (χ4n) is 3.00. The Hall–Kier alpha value is -1.58. The highest BCUT2D eigenvalue weighted by atomic mass is 16.6. The van der Waals surface area contributed by atoms with Crippen LogP contribution in [0.2, 0.25) is 0 Å². The fourth-order valence-corrected chi connectivity index (χ4v) is 3.00. The van der Waals surface area contributed by atoms with Gasteiger partial charge in [0.05, 0.1) is 11.8 Å². The smallest absolute Gasteiger partial charge is 0.309 e. The van der Waals surface area contributed by atoms with Crippen LogP contribution in [0.25, 0.3) is 0 Å². The maximum Gasteiger partial charge on any atom is 0.309 e. The lowest BCUT2D eigenvalue weighted by atomic mass is 9.90. The lowest BCUT2D eigenvalue weighted by Gasteiger charge is -2.23. The molecule has 2 rings (SSSR count). The summed E-state index contributed by atoms with van der Waals surface area (Å²) in [5.74, 6) is -0.447. The molecule has 0 aromatic carbocycles. The van der Waals surface area contributed by atoms with Gasteiger partial charge in [0, 0.05) is 0 Å². The molecule has 3 unspecified atom stereocenters. The number of carbonyl (C=O) groups is 2. The topological polar surface area (TPSA) is 52.6 Å². The van der Waals surface area contributed by atoms with E-state index in [1.807, 2.05) is 0 Å². The average molecular weight is 320 g/mol. The van der Waals surface area contributed by atoms with E-state index in [4.69, 9.17) is 9.47 Å². The highest BCUT2D eigenvalue weighted by Gasteiger charge is 2.25. The molecule has 0 N–H and O–H groups in total. The van der Waals surface area contributed by atoms with E-state index in [-0.39, 0.29) is 36.5 Å². The van der Waals surface area contributed by atoms with Gasteiger partial charge >= 0.3 is 11.9 Å². The molecule has 0 saturated heterocycles. The number of esters is 2. The van der Waals surface area contributed by atoms with Gasteiger partial charge in [-0.1, -0.05) is 23.3 Å². The lowest BCUT2D eigenvalue weighted by molar-refractivity contribution is -0.163. The number of hydrogen-bond donors (Lipinski definition) is 0. The van der Waals surface area contributed by atoms with Crippen LogP contribution >= 0.6 is 0 Å². The van der Waals surface area contributed by atoms with Crippen molar-refractivity contribution in [2.45, 2.75) is 65.4 Å². The van der Waals surface area contributed by atoms with Crippen molar-refractivity contribution in [3.8, 4) is 0 Å². The predicted octanol–water partition coefficient (Wildman–Crippen LogP) is 3.95. The monoisotopic (exact) mass is 320 g/mol. The largest absolute Gasteiger partial charge is 0.462 e. The number of allylic oxidation sites excluding steroid dienone is 4. The molecule has 0 radical (unpaired) electrons. The minimum absolute atomic E-state index is 0.0481. The molecule has 0 amide bonds. The molecule has 3 atom stereocenters. The van der Waals surface area contributed by atoms with Crippen LogP contribution in [0.15, 0.2) is 23.3 Å². The molecule has 128 valence electrons. The fraction of sp³-hybridized carbons (Fsp3) is 0.684. The van der Waals surface area contributed by atoms with Crippen LogP contribution in [-0.2, 0) is 19.1 Å². The van der Waals surface area contributed by atoms with Crippen molar-refractivity contribution in [3.63, 3.8) is 0 Å². The lowest BCUT2D eigenvalue weighted by Crippen LogP contribution is -2.29. The summed E-state index contributed by atoms with van der Waals surface area (Å²) in [6.45, 7) is 6.10. The highest BCUT2D eigenvalue weighted by Crippen LogP contribution is 2.25. The van der Waals surface area contributed by atoms with E-state index in [1.54, 1.807) is 6.92 Å². The van der Waals surface area contributed by atoms with Crippen LogP contribution in [0.4, 0.5) is 0 Å². The first kappa shape index (κ1) is 17.8. The Balaban J connectivity index is 1.69. The predicted molar refractivity (Wildman–Crippen MR) is 88.7 cm³/mol. The Bertz CT molecular complexity index is 503. The van der Waals surface area contributed by atoms with Gasteiger partial charge in [-0.25, -0.2) is 0 Å². The van der Waals surface area contributed by atoms with Crippen molar-refractivity contribution >= 4 is 11.9 Å². The van der Waals surface area contributed by atoms with Crippen molar-refractivity contribution < 1.29 is 19.1 Å². The molecule has 2 aliphatic carbocycles. The van der Waals surface area contributed by atoms with Crippen molar-refractivity contribution in [1.82, 2.24) is 0 Å². The van der Waals surface area contributed by atoms with E-state index in [2.05, 4.69) is 26.0 Å². The first-order valence-corrected chi connectivity index (χ1v) is 8.64. The molecule has 0 heterocycles. The van der Waals surface area contributed by atoms with Gasteiger partial charge in [-0.05, 0) is 59.3 Å². The van der Waals surface area contributed by atoms with E-state index >= 15 is 0 Å². The van der Waals surface area contributed by atoms with Gasteiger partial charge in [-0.2, -0.15) is 0 Å². The van der Waals surface area contributed by atoms with E-state index < -0.39 is 0 Å². The molecule has 0 aliphatic heterocycles. The number of carbonyl (C=O) groups excluding carboxylic acids is 2. The van der Waals surface area contributed by atoms with Crippen LogP contribution in [0.3, 0.4) is 0 Å². The van der Waals surface area contributed by atoms with Crippen LogP contribution in [-0.4, -0.2) is 24.6 Å². The third-order valence-corrected chi connectivity index (χ3v) is 4.72. The Morgan fingerprint density at radius 1 is 1.04 bits per heavy atom. The highest BCUT2D eigenvalue weighted by molar-refractivity contribution is 5.74. The summed E-state index contributed by atoms with van der Waals surface area (Å²) in [5.41, 5.74) is 2.68. The van der Waals surface area contributed by atoms with Crippen LogP contribution < -0.4 is 0 Å². The maximum absolute atomic E-state index is 12.1. The van der Waals surface area contributed by atoms with Crippen molar-refractivity contribution in [2.24, 2.45) is 11.8 Å². The van der Waals surface area contributed by atoms with Gasteiger partial charge in [-0.3, -0.25) is 9.59 Å². The SMILES string of the molecule is CC1=CCC(C(=O)OCC(C)OC(=O)C2CC=C(C)CC2)CC1. The first-order valence-electron chi connectivity index (χ1n) is 8.64. The molecule has 0 saturated carbocycles. The van der Waals surface area contributed by atoms with Gasteiger partial charge in [-0.15, -0.1) is 0 Å². The number of rotatable bonds is 5. The second kappa shape index (κ2) is 8.32. The normalized spacial score (nSPS) is 25.9. The van der Waals surface area contributed by atoms with E-state index in [9.17, 15) is 9.59 Å². The zero-order chi connectivity index (χ0) is 16.8. The van der Waals surface area contributed by atoms with E-state index in [0.717, 1.165) is 38.5 Å². The van der Waals surface area contributed by atoms with E-state index in [0.29, 0.717) is 0 Å². The molecule has 0 bridgehead atoms. The molecular weight excluding hydrogens is 292 g/mol. The summed E-state index contributed by atoms with van der Waals surface area (Å²) in [5, 5.41) is 0. The third kappa shape index (κ3) is 5.52. The molecule has 0 aromatic rings. The Labute approximate surface area is 138 Å². The van der Waals surface area contributed by atoms with Gasteiger partial charge in [0.2, 0.25) is 0 Å².